The van der Waals surface area contributed by atoms with Gasteiger partial charge in [-0.05, 0) is 44.0 Å². The fraction of sp³-hybridized carbons (Fsp3) is 0.300. The first-order valence-corrected chi connectivity index (χ1v) is 3.90. The summed E-state index contributed by atoms with van der Waals surface area (Å²) in [5, 5.41) is 0. The van der Waals surface area contributed by atoms with E-state index < -0.39 is 0 Å². The number of hydrogen-bond donors (Lipinski definition) is 0. The summed E-state index contributed by atoms with van der Waals surface area (Å²) in [5.74, 6) is -0.164. The molecule has 0 spiro atoms. The van der Waals surface area contributed by atoms with E-state index in [4.69, 9.17) is 0 Å². The predicted octanol–water partition coefficient (Wildman–Crippen LogP) is 3.16. The molecule has 0 aliphatic rings. The Bertz CT molecular complexity index is 316. The monoisotopic (exact) mass is 165 g/mol. The maximum atomic E-state index is 12.9. The molecule has 64 valence electrons. The summed E-state index contributed by atoms with van der Waals surface area (Å²) in [7, 11) is 0. The van der Waals surface area contributed by atoms with E-state index in [1.165, 1.54) is 6.07 Å². The minimum Gasteiger partial charge on any atom is -0.261 e. The van der Waals surface area contributed by atoms with Gasteiger partial charge in [0.15, 0.2) is 0 Å². The van der Waals surface area contributed by atoms with Crippen LogP contribution in [0.15, 0.2) is 17.1 Å². The minimum absolute atomic E-state index is 0.164. The lowest BCUT2D eigenvalue weighted by Crippen LogP contribution is -1.84. The maximum absolute atomic E-state index is 12.9. The van der Waals surface area contributed by atoms with E-state index in [0.29, 0.717) is 5.56 Å². The average Bonchev–Trinajstić information content (AvgIpc) is 2.01. The summed E-state index contributed by atoms with van der Waals surface area (Å²) in [6, 6.07) is 3.27. The van der Waals surface area contributed by atoms with Crippen molar-refractivity contribution in [2.75, 3.05) is 0 Å². The minimum atomic E-state index is -0.164. The Kier molecular flexibility index (Phi) is 2.58. The first-order chi connectivity index (χ1) is 5.65. The lowest BCUT2D eigenvalue weighted by Gasteiger charge is -2.02. The van der Waals surface area contributed by atoms with Crippen molar-refractivity contribution < 1.29 is 4.39 Å². The van der Waals surface area contributed by atoms with Gasteiger partial charge in [-0.2, -0.15) is 0 Å². The number of halogens is 1. The second-order valence-corrected chi connectivity index (χ2v) is 2.78. The molecule has 0 N–H and O–H groups in total. The zero-order valence-corrected chi connectivity index (χ0v) is 7.56. The Balaban J connectivity index is 3.23. The molecule has 0 aliphatic carbocycles. The second-order valence-electron chi connectivity index (χ2n) is 2.78. The molecule has 1 nitrogen and oxygen atoms in total. The number of aryl methyl sites for hydroxylation is 2. The molecule has 1 rings (SSSR count). The molecule has 0 fully saturated rings. The predicted molar refractivity (Wildman–Crippen MR) is 49.7 cm³/mol. The molecule has 0 atom stereocenters. The number of benzene rings is 1. The Hall–Kier alpha value is -1.18. The van der Waals surface area contributed by atoms with Gasteiger partial charge in [-0.3, -0.25) is 4.99 Å². The molecule has 0 heterocycles. The van der Waals surface area contributed by atoms with Gasteiger partial charge in [0.05, 0.1) is 5.69 Å². The molecule has 0 saturated heterocycles. The maximum Gasteiger partial charge on any atom is 0.126 e. The first kappa shape index (κ1) is 8.91. The van der Waals surface area contributed by atoms with Crippen LogP contribution in [-0.2, 0) is 0 Å². The quantitative estimate of drug-likeness (QED) is 0.567. The third kappa shape index (κ3) is 1.70. The van der Waals surface area contributed by atoms with E-state index in [1.54, 1.807) is 19.2 Å². The van der Waals surface area contributed by atoms with Crippen LogP contribution in [0.2, 0.25) is 0 Å². The topological polar surface area (TPSA) is 12.4 Å². The van der Waals surface area contributed by atoms with Gasteiger partial charge in [-0.1, -0.05) is 0 Å². The molecule has 12 heavy (non-hydrogen) atoms. The second kappa shape index (κ2) is 3.48. The van der Waals surface area contributed by atoms with Crippen molar-refractivity contribution in [3.63, 3.8) is 0 Å². The van der Waals surface area contributed by atoms with Crippen LogP contribution in [0.5, 0.6) is 0 Å². The van der Waals surface area contributed by atoms with Crippen molar-refractivity contribution in [3.8, 4) is 0 Å². The molecular weight excluding hydrogens is 153 g/mol. The van der Waals surface area contributed by atoms with E-state index in [1.807, 2.05) is 13.8 Å². The van der Waals surface area contributed by atoms with Crippen LogP contribution >= 0.6 is 0 Å². The van der Waals surface area contributed by atoms with Crippen molar-refractivity contribution >= 4 is 11.9 Å². The van der Waals surface area contributed by atoms with E-state index in [0.717, 1.165) is 11.3 Å². The van der Waals surface area contributed by atoms with E-state index in [9.17, 15) is 4.39 Å². The Morgan fingerprint density at radius 2 is 1.92 bits per heavy atom. The number of rotatable bonds is 1. The molecule has 0 amide bonds. The molecule has 0 radical (unpaired) electrons. The molecular formula is C10H12FN. The molecule has 1 aromatic rings. The highest BCUT2D eigenvalue weighted by Crippen LogP contribution is 2.21. The summed E-state index contributed by atoms with van der Waals surface area (Å²) < 4.78 is 12.9. The normalized spacial score (nSPS) is 11.0. The Labute approximate surface area is 72.0 Å². The largest absolute Gasteiger partial charge is 0.261 e. The highest BCUT2D eigenvalue weighted by Gasteiger charge is 2.01. The van der Waals surface area contributed by atoms with Gasteiger partial charge in [0.1, 0.15) is 5.82 Å². The zero-order chi connectivity index (χ0) is 9.14. The smallest absolute Gasteiger partial charge is 0.126 e. The molecule has 0 aliphatic heterocycles. The van der Waals surface area contributed by atoms with Crippen LogP contribution in [-0.4, -0.2) is 6.21 Å². The molecule has 2 heteroatoms. The van der Waals surface area contributed by atoms with Gasteiger partial charge in [-0.15, -0.1) is 0 Å². The Morgan fingerprint density at radius 3 is 2.50 bits per heavy atom. The van der Waals surface area contributed by atoms with Gasteiger partial charge < -0.3 is 0 Å². The third-order valence-corrected chi connectivity index (χ3v) is 1.75. The summed E-state index contributed by atoms with van der Waals surface area (Å²) in [6.45, 7) is 5.44. The summed E-state index contributed by atoms with van der Waals surface area (Å²) in [6.07, 6.45) is 1.71. The SMILES string of the molecule is CC=Nc1cc(C)c(F)cc1C. The van der Waals surface area contributed by atoms with Crippen LogP contribution < -0.4 is 0 Å². The van der Waals surface area contributed by atoms with Gasteiger partial charge >= 0.3 is 0 Å². The van der Waals surface area contributed by atoms with E-state index >= 15 is 0 Å². The van der Waals surface area contributed by atoms with Crippen molar-refractivity contribution in [2.45, 2.75) is 20.8 Å². The number of nitrogens with zero attached hydrogens (tertiary/aromatic N) is 1. The van der Waals surface area contributed by atoms with Gasteiger partial charge in [0, 0.05) is 6.21 Å². The van der Waals surface area contributed by atoms with E-state index in [2.05, 4.69) is 4.99 Å². The van der Waals surface area contributed by atoms with Crippen LogP contribution in [0.1, 0.15) is 18.1 Å². The molecule has 1 aromatic carbocycles. The van der Waals surface area contributed by atoms with E-state index in [-0.39, 0.29) is 5.82 Å². The third-order valence-electron chi connectivity index (χ3n) is 1.75. The van der Waals surface area contributed by atoms with Crippen molar-refractivity contribution in [3.05, 3.63) is 29.1 Å². The van der Waals surface area contributed by atoms with Crippen molar-refractivity contribution in [1.82, 2.24) is 0 Å². The summed E-state index contributed by atoms with van der Waals surface area (Å²) >= 11 is 0. The van der Waals surface area contributed by atoms with Crippen molar-refractivity contribution in [2.24, 2.45) is 4.99 Å². The molecule has 0 bridgehead atoms. The van der Waals surface area contributed by atoms with Gasteiger partial charge in [0.25, 0.3) is 0 Å². The van der Waals surface area contributed by atoms with Crippen molar-refractivity contribution in [1.29, 1.82) is 0 Å². The highest BCUT2D eigenvalue weighted by molar-refractivity contribution is 5.62. The number of hydrogen-bond acceptors (Lipinski definition) is 1. The average molecular weight is 165 g/mol. The lowest BCUT2D eigenvalue weighted by molar-refractivity contribution is 0.617. The first-order valence-electron chi connectivity index (χ1n) is 3.90. The van der Waals surface area contributed by atoms with Crippen LogP contribution in [0.4, 0.5) is 10.1 Å². The summed E-state index contributed by atoms with van der Waals surface area (Å²) in [5.41, 5.74) is 2.36. The highest BCUT2D eigenvalue weighted by atomic mass is 19.1. The fourth-order valence-corrected chi connectivity index (χ4v) is 1.04. The van der Waals surface area contributed by atoms with Crippen LogP contribution in [0.3, 0.4) is 0 Å². The van der Waals surface area contributed by atoms with Gasteiger partial charge in [0.2, 0.25) is 0 Å². The zero-order valence-electron chi connectivity index (χ0n) is 7.56. The van der Waals surface area contributed by atoms with Crippen LogP contribution in [0.25, 0.3) is 0 Å². The lowest BCUT2D eigenvalue weighted by atomic mass is 10.1. The van der Waals surface area contributed by atoms with Gasteiger partial charge in [-0.25, -0.2) is 4.39 Å². The summed E-state index contributed by atoms with van der Waals surface area (Å²) in [4.78, 5) is 4.12. The Morgan fingerprint density at radius 1 is 1.25 bits per heavy atom. The molecule has 0 unspecified atom stereocenters. The fourth-order valence-electron chi connectivity index (χ4n) is 1.04. The number of aliphatic imine (C=N–C) groups is 1. The molecule has 0 saturated carbocycles. The molecule has 0 aromatic heterocycles. The van der Waals surface area contributed by atoms with Crippen LogP contribution in [0, 0.1) is 19.7 Å². The standard InChI is InChI=1S/C10H12FN/c1-4-12-10-6-7(2)9(11)5-8(10)3/h4-6H,1-3H3.